The maximum atomic E-state index is 12.5. The molecule has 27 heavy (non-hydrogen) atoms. The Bertz CT molecular complexity index is 846. The Hall–Kier alpha value is -2.75. The van der Waals surface area contributed by atoms with Gasteiger partial charge in [0.15, 0.2) is 5.82 Å². The van der Waals surface area contributed by atoms with Gasteiger partial charge in [-0.05, 0) is 32.0 Å². The molecule has 2 rings (SSSR count). The molecule has 1 aromatic carbocycles. The summed E-state index contributed by atoms with van der Waals surface area (Å²) < 4.78 is 22.7. The van der Waals surface area contributed by atoms with Gasteiger partial charge in [0.05, 0.1) is 24.3 Å². The molecule has 0 aliphatic carbocycles. The van der Waals surface area contributed by atoms with Crippen LogP contribution in [0.1, 0.15) is 40.4 Å². The van der Waals surface area contributed by atoms with Crippen molar-refractivity contribution in [1.29, 1.82) is 0 Å². The van der Waals surface area contributed by atoms with E-state index >= 15 is 0 Å². The first-order valence-corrected chi connectivity index (χ1v) is 9.57. The van der Waals surface area contributed by atoms with Crippen LogP contribution in [0.5, 0.6) is 0 Å². The first-order valence-electron chi connectivity index (χ1n) is 7.84. The van der Waals surface area contributed by atoms with E-state index in [1.807, 2.05) is 0 Å². The summed E-state index contributed by atoms with van der Waals surface area (Å²) in [7, 11) is -3.43. The molecule has 0 spiro atoms. The van der Waals surface area contributed by atoms with E-state index in [-0.39, 0.29) is 47.7 Å². The molecule has 11 nitrogen and oxygen atoms in total. The third-order valence-corrected chi connectivity index (χ3v) is 5.17. The topological polar surface area (TPSA) is 162 Å². The van der Waals surface area contributed by atoms with Crippen LogP contribution < -0.4 is 0 Å². The number of hydrogen-bond donors (Lipinski definition) is 2. The Morgan fingerprint density at radius 2 is 1.41 bits per heavy atom. The number of carboxylic acids is 2. The van der Waals surface area contributed by atoms with Crippen LogP contribution in [0.15, 0.2) is 18.2 Å². The van der Waals surface area contributed by atoms with Crippen LogP contribution in [0.4, 0.5) is 0 Å². The zero-order valence-electron chi connectivity index (χ0n) is 14.5. The molecular formula is C15H17N4O7P. The molecule has 0 aliphatic rings. The van der Waals surface area contributed by atoms with E-state index in [0.717, 1.165) is 6.07 Å². The van der Waals surface area contributed by atoms with Crippen LogP contribution in [0.3, 0.4) is 0 Å². The summed E-state index contributed by atoms with van der Waals surface area (Å²) in [5.74, 6) is -2.67. The summed E-state index contributed by atoms with van der Waals surface area (Å²) in [6, 6.07) is 3.43. The van der Waals surface area contributed by atoms with Gasteiger partial charge in [-0.15, -0.1) is 20.4 Å². The summed E-state index contributed by atoms with van der Waals surface area (Å²) in [5.41, 5.74) is -0.360. The highest BCUT2D eigenvalue weighted by Crippen LogP contribution is 2.50. The number of aromatic carboxylic acids is 2. The highest BCUT2D eigenvalue weighted by molar-refractivity contribution is 7.53. The fraction of sp³-hybridized carbons (Fsp3) is 0.333. The fourth-order valence-corrected chi connectivity index (χ4v) is 3.64. The third-order valence-electron chi connectivity index (χ3n) is 3.19. The number of carboxylic acid groups (broad SMARTS) is 2. The van der Waals surface area contributed by atoms with Crippen molar-refractivity contribution < 1.29 is 33.4 Å². The normalized spacial score (nSPS) is 11.3. The molecule has 0 unspecified atom stereocenters. The van der Waals surface area contributed by atoms with E-state index in [9.17, 15) is 14.2 Å². The van der Waals surface area contributed by atoms with Crippen molar-refractivity contribution in [3.63, 3.8) is 0 Å². The van der Waals surface area contributed by atoms with Gasteiger partial charge in [-0.3, -0.25) is 4.57 Å². The lowest BCUT2D eigenvalue weighted by Crippen LogP contribution is -2.07. The van der Waals surface area contributed by atoms with E-state index < -0.39 is 19.5 Å². The second-order valence-electron chi connectivity index (χ2n) is 5.15. The van der Waals surface area contributed by atoms with E-state index in [4.69, 9.17) is 19.3 Å². The molecule has 0 saturated heterocycles. The minimum atomic E-state index is -3.43. The van der Waals surface area contributed by atoms with Crippen molar-refractivity contribution >= 4 is 19.5 Å². The highest BCUT2D eigenvalue weighted by Gasteiger charge is 2.26. The summed E-state index contributed by atoms with van der Waals surface area (Å²) in [5, 5.41) is 33.5. The van der Waals surface area contributed by atoms with Crippen molar-refractivity contribution in [2.24, 2.45) is 0 Å². The SMILES string of the molecule is CCOP(=O)(Cc1nnc(-c2cc(C(=O)O)cc(C(=O)O)c2)nn1)OCC. The van der Waals surface area contributed by atoms with Gasteiger partial charge < -0.3 is 19.3 Å². The maximum absolute atomic E-state index is 12.5. The van der Waals surface area contributed by atoms with Crippen LogP contribution in [0.25, 0.3) is 11.4 Å². The molecule has 0 amide bonds. The lowest BCUT2D eigenvalue weighted by molar-refractivity contribution is 0.0696. The number of benzene rings is 1. The summed E-state index contributed by atoms with van der Waals surface area (Å²) in [4.78, 5) is 22.3. The Kier molecular flexibility index (Phi) is 6.67. The quantitative estimate of drug-likeness (QED) is 0.597. The van der Waals surface area contributed by atoms with Gasteiger partial charge in [0, 0.05) is 5.56 Å². The average Bonchev–Trinajstić information content (AvgIpc) is 2.62. The summed E-state index contributed by atoms with van der Waals surface area (Å²) >= 11 is 0. The molecule has 2 aromatic rings. The minimum absolute atomic E-state index is 0.0110. The molecule has 0 bridgehead atoms. The molecule has 1 aromatic heterocycles. The lowest BCUT2D eigenvalue weighted by atomic mass is 10.1. The van der Waals surface area contributed by atoms with Gasteiger partial charge in [-0.2, -0.15) is 0 Å². The number of nitrogens with zero attached hydrogens (tertiary/aromatic N) is 4. The molecule has 0 saturated carbocycles. The Morgan fingerprint density at radius 3 is 1.81 bits per heavy atom. The van der Waals surface area contributed by atoms with E-state index in [2.05, 4.69) is 20.4 Å². The molecule has 12 heteroatoms. The number of aromatic nitrogens is 4. The maximum Gasteiger partial charge on any atom is 0.338 e. The third kappa shape index (κ3) is 5.36. The van der Waals surface area contributed by atoms with Crippen molar-refractivity contribution in [2.75, 3.05) is 13.2 Å². The van der Waals surface area contributed by atoms with Gasteiger partial charge in [-0.1, -0.05) is 0 Å². The molecule has 1 heterocycles. The molecule has 2 N–H and O–H groups in total. The summed E-state index contributed by atoms with van der Waals surface area (Å²) in [6.07, 6.45) is -0.232. The zero-order valence-corrected chi connectivity index (χ0v) is 15.4. The minimum Gasteiger partial charge on any atom is -0.478 e. The average molecular weight is 396 g/mol. The van der Waals surface area contributed by atoms with Crippen molar-refractivity contribution in [3.05, 3.63) is 35.2 Å². The first kappa shape index (κ1) is 20.6. The van der Waals surface area contributed by atoms with E-state index in [0.29, 0.717) is 0 Å². The van der Waals surface area contributed by atoms with Gasteiger partial charge >= 0.3 is 19.5 Å². The Balaban J connectivity index is 2.33. The second kappa shape index (κ2) is 8.76. The summed E-state index contributed by atoms with van der Waals surface area (Å²) in [6.45, 7) is 3.69. The largest absolute Gasteiger partial charge is 0.478 e. The van der Waals surface area contributed by atoms with Crippen LogP contribution in [-0.2, 0) is 19.8 Å². The lowest BCUT2D eigenvalue weighted by Gasteiger charge is -2.15. The van der Waals surface area contributed by atoms with Crippen molar-refractivity contribution in [2.45, 2.75) is 20.0 Å². The monoisotopic (exact) mass is 396 g/mol. The highest BCUT2D eigenvalue weighted by atomic mass is 31.2. The zero-order chi connectivity index (χ0) is 20.0. The standard InChI is InChI=1S/C15H17N4O7P/c1-3-25-27(24,26-4-2)8-12-16-18-13(19-17-12)9-5-10(14(20)21)7-11(6-9)15(22)23/h5-7H,3-4,8H2,1-2H3,(H,20,21)(H,22,23). The molecule has 0 fully saturated rings. The number of rotatable bonds is 9. The van der Waals surface area contributed by atoms with Crippen LogP contribution >= 0.6 is 7.60 Å². The van der Waals surface area contributed by atoms with Crippen molar-refractivity contribution in [1.82, 2.24) is 20.4 Å². The van der Waals surface area contributed by atoms with Gasteiger partial charge in [-0.25, -0.2) is 9.59 Å². The van der Waals surface area contributed by atoms with Crippen LogP contribution in [0.2, 0.25) is 0 Å². The predicted molar refractivity (Wildman–Crippen MR) is 91.5 cm³/mol. The molecule has 0 aliphatic heterocycles. The smallest absolute Gasteiger partial charge is 0.338 e. The van der Waals surface area contributed by atoms with Gasteiger partial charge in [0.1, 0.15) is 6.16 Å². The van der Waals surface area contributed by atoms with E-state index in [1.165, 1.54) is 12.1 Å². The number of hydrogen-bond acceptors (Lipinski definition) is 9. The van der Waals surface area contributed by atoms with Crippen molar-refractivity contribution in [3.8, 4) is 11.4 Å². The molecule has 144 valence electrons. The first-order chi connectivity index (χ1) is 12.8. The molecule has 0 atom stereocenters. The molecular weight excluding hydrogens is 379 g/mol. The van der Waals surface area contributed by atoms with E-state index in [1.54, 1.807) is 13.8 Å². The Labute approximate surface area is 153 Å². The van der Waals surface area contributed by atoms with Gasteiger partial charge in [0.25, 0.3) is 0 Å². The second-order valence-corrected chi connectivity index (χ2v) is 7.21. The Morgan fingerprint density at radius 1 is 0.926 bits per heavy atom. The van der Waals surface area contributed by atoms with Crippen LogP contribution in [0, 0.1) is 0 Å². The predicted octanol–water partition coefficient (Wildman–Crippen LogP) is 2.10. The van der Waals surface area contributed by atoms with Crippen LogP contribution in [-0.4, -0.2) is 55.8 Å². The number of carbonyl (C=O) groups is 2. The fourth-order valence-electron chi connectivity index (χ4n) is 2.13. The van der Waals surface area contributed by atoms with Gasteiger partial charge in [0.2, 0.25) is 5.82 Å². The molecule has 0 radical (unpaired) electrons.